The predicted molar refractivity (Wildman–Crippen MR) is 115 cm³/mol. The van der Waals surface area contributed by atoms with E-state index in [9.17, 15) is 29.8 Å². The van der Waals surface area contributed by atoms with Crippen molar-refractivity contribution in [3.05, 3.63) is 54.7 Å². The number of nitrogens with one attached hydrogen (secondary N) is 2. The number of rotatable bonds is 10. The van der Waals surface area contributed by atoms with E-state index in [1.54, 1.807) is 0 Å². The van der Waals surface area contributed by atoms with Crippen molar-refractivity contribution >= 4 is 23.2 Å². The molecule has 0 radical (unpaired) electrons. The third-order valence-electron chi connectivity index (χ3n) is 5.03. The molecule has 0 unspecified atom stereocenters. The summed E-state index contributed by atoms with van der Waals surface area (Å²) in [6, 6.07) is 0. The van der Waals surface area contributed by atoms with E-state index < -0.39 is 21.7 Å². The van der Waals surface area contributed by atoms with Gasteiger partial charge < -0.3 is 15.2 Å². The number of carbonyl (C=O) groups excluding carboxylic acids is 2. The van der Waals surface area contributed by atoms with Gasteiger partial charge in [-0.25, -0.2) is 0 Å². The molecule has 2 amide bonds. The zero-order chi connectivity index (χ0) is 25.9. The molecule has 0 atom stereocenters. The maximum Gasteiger partial charge on any atom is 0.316 e. The monoisotopic (exact) mass is 490 g/mol. The third kappa shape index (κ3) is 5.45. The van der Waals surface area contributed by atoms with Crippen LogP contribution in [0.5, 0.6) is 0 Å². The van der Waals surface area contributed by atoms with E-state index in [2.05, 4.69) is 31.0 Å². The normalized spacial score (nSPS) is 10.9. The van der Waals surface area contributed by atoms with Crippen LogP contribution in [0.15, 0.2) is 4.52 Å². The van der Waals surface area contributed by atoms with Gasteiger partial charge in [-0.05, 0) is 27.7 Å². The lowest BCUT2D eigenvalue weighted by Crippen LogP contribution is -2.36. The summed E-state index contributed by atoms with van der Waals surface area (Å²) in [6.07, 6.45) is 0. The highest BCUT2D eigenvalue weighted by Gasteiger charge is 2.24. The van der Waals surface area contributed by atoms with E-state index in [0.717, 1.165) is 0 Å². The number of hydrogen-bond donors (Lipinski definition) is 2. The lowest BCUT2D eigenvalue weighted by atomic mass is 10.3. The Balaban J connectivity index is 1.48. The minimum Gasteiger partial charge on any atom is -0.353 e. The fourth-order valence-corrected chi connectivity index (χ4v) is 3.40. The van der Waals surface area contributed by atoms with E-state index in [0.29, 0.717) is 5.69 Å². The first-order valence-electron chi connectivity index (χ1n) is 10.2. The van der Waals surface area contributed by atoms with Gasteiger partial charge >= 0.3 is 23.2 Å². The Kier molecular flexibility index (Phi) is 7.17. The molecule has 0 aliphatic carbocycles. The van der Waals surface area contributed by atoms with Crippen molar-refractivity contribution in [3.8, 4) is 0 Å². The highest BCUT2D eigenvalue weighted by molar-refractivity contribution is 5.89. The van der Waals surface area contributed by atoms with Crippen LogP contribution < -0.4 is 10.6 Å². The van der Waals surface area contributed by atoms with E-state index >= 15 is 0 Å². The molecule has 17 heteroatoms. The van der Waals surface area contributed by atoms with E-state index in [-0.39, 0.29) is 66.4 Å². The number of nitrogens with zero attached hydrogens (tertiary/aromatic N) is 8. The van der Waals surface area contributed by atoms with Crippen molar-refractivity contribution in [2.45, 2.75) is 40.8 Å². The Bertz CT molecular complexity index is 1310. The second-order valence-electron chi connectivity index (χ2n) is 7.49. The van der Waals surface area contributed by atoms with Gasteiger partial charge in [-0.1, -0.05) is 5.16 Å². The van der Waals surface area contributed by atoms with Crippen molar-refractivity contribution in [2.75, 3.05) is 13.1 Å². The van der Waals surface area contributed by atoms with Crippen molar-refractivity contribution in [1.29, 1.82) is 0 Å². The quantitative estimate of drug-likeness (QED) is 0.220. The third-order valence-corrected chi connectivity index (χ3v) is 5.03. The van der Waals surface area contributed by atoms with Gasteiger partial charge in [-0.3, -0.25) is 39.2 Å². The molecule has 17 nitrogen and oxygen atoms in total. The molecule has 3 heterocycles. The molecule has 3 aromatic heterocycles. The molecule has 0 aliphatic rings. The van der Waals surface area contributed by atoms with Crippen molar-refractivity contribution < 1.29 is 24.0 Å². The summed E-state index contributed by atoms with van der Waals surface area (Å²) in [7, 11) is 0. The van der Waals surface area contributed by atoms with Crippen LogP contribution in [-0.4, -0.2) is 64.5 Å². The summed E-state index contributed by atoms with van der Waals surface area (Å²) >= 11 is 0. The maximum atomic E-state index is 12.2. The second kappa shape index (κ2) is 10.1. The van der Waals surface area contributed by atoms with Crippen molar-refractivity contribution in [2.24, 2.45) is 0 Å². The Morgan fingerprint density at radius 2 is 1.46 bits per heavy atom. The average molecular weight is 490 g/mol. The number of carbonyl (C=O) groups is 2. The smallest absolute Gasteiger partial charge is 0.316 e. The van der Waals surface area contributed by atoms with Gasteiger partial charge in [0, 0.05) is 13.1 Å². The summed E-state index contributed by atoms with van der Waals surface area (Å²) in [5, 5.41) is 39.0. The van der Waals surface area contributed by atoms with Crippen molar-refractivity contribution in [1.82, 2.24) is 40.3 Å². The van der Waals surface area contributed by atoms with Crippen LogP contribution in [0.2, 0.25) is 0 Å². The maximum absolute atomic E-state index is 12.2. The van der Waals surface area contributed by atoms with Crippen LogP contribution in [0.4, 0.5) is 11.4 Å². The minimum absolute atomic E-state index is 0.0299. The van der Waals surface area contributed by atoms with Gasteiger partial charge in [-0.15, -0.1) is 0 Å². The summed E-state index contributed by atoms with van der Waals surface area (Å²) in [6.45, 7) is 5.90. The standard InChI is InChI=1S/C18H22N10O7/c1-9-15(27(31)32)11(3)25(22-9)7-13-21-18(35-24-13)17(30)20-6-5-19-14(29)8-26-12(4)16(28(33)34)10(2)23-26/h5-8H2,1-4H3,(H,19,29)(H,20,30). The zero-order valence-electron chi connectivity index (χ0n) is 19.3. The topological polar surface area (TPSA) is 219 Å². The molecule has 35 heavy (non-hydrogen) atoms. The number of amides is 2. The fraction of sp³-hybridized carbons (Fsp3) is 0.444. The van der Waals surface area contributed by atoms with Crippen LogP contribution in [0, 0.1) is 47.9 Å². The van der Waals surface area contributed by atoms with Crippen LogP contribution in [0.3, 0.4) is 0 Å². The van der Waals surface area contributed by atoms with E-state index in [1.807, 2.05) is 0 Å². The van der Waals surface area contributed by atoms with Gasteiger partial charge in [0.25, 0.3) is 0 Å². The first kappa shape index (κ1) is 24.9. The van der Waals surface area contributed by atoms with Crippen LogP contribution in [-0.2, 0) is 17.9 Å². The highest BCUT2D eigenvalue weighted by atomic mass is 16.6. The van der Waals surface area contributed by atoms with Gasteiger partial charge in [-0.2, -0.15) is 15.2 Å². The second-order valence-corrected chi connectivity index (χ2v) is 7.49. The first-order chi connectivity index (χ1) is 16.5. The molecule has 0 spiro atoms. The van der Waals surface area contributed by atoms with Gasteiger partial charge in [0.1, 0.15) is 35.9 Å². The Morgan fingerprint density at radius 3 is 2.03 bits per heavy atom. The number of aryl methyl sites for hydroxylation is 2. The Hall–Kier alpha value is -4.70. The lowest BCUT2D eigenvalue weighted by Gasteiger charge is -2.06. The molecular weight excluding hydrogens is 468 g/mol. The molecule has 0 aliphatic heterocycles. The molecule has 2 N–H and O–H groups in total. The SMILES string of the molecule is Cc1nn(CC(=O)NCCNC(=O)c2nc(Cn3nc(C)c([N+](=O)[O-])c3C)no2)c(C)c1[N+](=O)[O-]. The van der Waals surface area contributed by atoms with E-state index in [4.69, 9.17) is 4.52 Å². The Labute approximate surface area is 196 Å². The highest BCUT2D eigenvalue weighted by Crippen LogP contribution is 2.22. The summed E-state index contributed by atoms with van der Waals surface area (Å²) < 4.78 is 7.50. The summed E-state index contributed by atoms with van der Waals surface area (Å²) in [4.78, 5) is 49.3. The first-order valence-corrected chi connectivity index (χ1v) is 10.2. The lowest BCUT2D eigenvalue weighted by molar-refractivity contribution is -0.386. The molecule has 0 aromatic carbocycles. The van der Waals surface area contributed by atoms with Crippen LogP contribution >= 0.6 is 0 Å². The number of nitro groups is 2. The van der Waals surface area contributed by atoms with Gasteiger partial charge in [0.15, 0.2) is 5.82 Å². The summed E-state index contributed by atoms with van der Waals surface area (Å²) in [5.41, 5.74) is 0.784. The molecular formula is C18H22N10O7. The molecule has 0 saturated heterocycles. The van der Waals surface area contributed by atoms with Gasteiger partial charge in [0.2, 0.25) is 5.91 Å². The van der Waals surface area contributed by atoms with Crippen molar-refractivity contribution in [3.63, 3.8) is 0 Å². The summed E-state index contributed by atoms with van der Waals surface area (Å²) in [5.74, 6) is -1.34. The average Bonchev–Trinajstić information content (AvgIpc) is 3.42. The molecule has 0 bridgehead atoms. The fourth-order valence-electron chi connectivity index (χ4n) is 3.40. The molecule has 3 aromatic rings. The molecule has 186 valence electrons. The largest absolute Gasteiger partial charge is 0.353 e. The van der Waals surface area contributed by atoms with E-state index in [1.165, 1.54) is 37.1 Å². The number of hydrogen-bond acceptors (Lipinski definition) is 11. The zero-order valence-corrected chi connectivity index (χ0v) is 19.3. The predicted octanol–water partition coefficient (Wildman–Crippen LogP) is 0.107. The molecule has 0 fully saturated rings. The molecule has 0 saturated carbocycles. The molecule has 3 rings (SSSR count). The Morgan fingerprint density at radius 1 is 0.914 bits per heavy atom. The minimum atomic E-state index is -0.675. The van der Waals surface area contributed by atoms with Crippen LogP contribution in [0.25, 0.3) is 0 Å². The van der Waals surface area contributed by atoms with Gasteiger partial charge in [0.05, 0.1) is 9.85 Å². The number of aromatic nitrogens is 6. The van der Waals surface area contributed by atoms with Crippen LogP contribution in [0.1, 0.15) is 39.3 Å².